The van der Waals surface area contributed by atoms with E-state index in [1.54, 1.807) is 11.3 Å². The minimum atomic E-state index is -0.258. The maximum atomic E-state index is 13.3. The van der Waals surface area contributed by atoms with Gasteiger partial charge in [-0.3, -0.25) is 4.79 Å². The van der Waals surface area contributed by atoms with Crippen LogP contribution in [0.1, 0.15) is 5.56 Å². The summed E-state index contributed by atoms with van der Waals surface area (Å²) in [7, 11) is -0.258. The Balaban J connectivity index is 1.81. The predicted molar refractivity (Wildman–Crippen MR) is 125 cm³/mol. The van der Waals surface area contributed by atoms with E-state index in [1.165, 1.54) is 20.2 Å². The lowest BCUT2D eigenvalue weighted by atomic mass is 10.1. The molecule has 0 fully saturated rings. The standard InChI is InChI=1S/C26H19OS2/c1-18-16-24-22(26(27)21-14-8-9-15-23(21)28-24)17-25(18)29(19-10-4-2-5-11-19)20-12-6-3-7-13-20/h2-17H,1H3/q+1. The molecule has 0 bridgehead atoms. The van der Waals surface area contributed by atoms with Gasteiger partial charge in [-0.15, -0.1) is 11.3 Å². The van der Waals surface area contributed by atoms with Crippen molar-refractivity contribution < 1.29 is 0 Å². The zero-order chi connectivity index (χ0) is 19.8. The number of aryl methyl sites for hydroxylation is 1. The molecule has 0 unspecified atom stereocenters. The Hall–Kier alpha value is -2.88. The van der Waals surface area contributed by atoms with E-state index >= 15 is 0 Å². The van der Waals surface area contributed by atoms with Crippen molar-refractivity contribution in [3.8, 4) is 0 Å². The van der Waals surface area contributed by atoms with Gasteiger partial charge in [-0.05, 0) is 49.4 Å². The molecule has 0 radical (unpaired) electrons. The van der Waals surface area contributed by atoms with E-state index in [1.807, 2.05) is 36.4 Å². The molecule has 0 amide bonds. The number of hydrogen-bond acceptors (Lipinski definition) is 2. The van der Waals surface area contributed by atoms with Gasteiger partial charge in [0.2, 0.25) is 0 Å². The second-order valence-electron chi connectivity index (χ2n) is 6.97. The fraction of sp³-hybridized carbons (Fsp3) is 0.0385. The molecule has 0 saturated heterocycles. The predicted octanol–water partition coefficient (Wildman–Crippen LogP) is 6.82. The Labute approximate surface area is 176 Å². The Morgan fingerprint density at radius 1 is 0.655 bits per heavy atom. The van der Waals surface area contributed by atoms with Crippen molar-refractivity contribution in [2.75, 3.05) is 0 Å². The molecular formula is C26H19OS2+. The van der Waals surface area contributed by atoms with Gasteiger partial charge in [-0.25, -0.2) is 0 Å². The van der Waals surface area contributed by atoms with Crippen LogP contribution in [-0.2, 0) is 10.9 Å². The zero-order valence-electron chi connectivity index (χ0n) is 16.0. The van der Waals surface area contributed by atoms with Gasteiger partial charge in [0.05, 0.1) is 10.9 Å². The topological polar surface area (TPSA) is 17.1 Å². The van der Waals surface area contributed by atoms with Crippen molar-refractivity contribution in [2.45, 2.75) is 21.6 Å². The van der Waals surface area contributed by atoms with E-state index in [9.17, 15) is 4.79 Å². The van der Waals surface area contributed by atoms with E-state index in [4.69, 9.17) is 0 Å². The summed E-state index contributed by atoms with van der Waals surface area (Å²) in [5, 5.41) is 1.62. The first kappa shape index (κ1) is 18.2. The SMILES string of the molecule is Cc1cc2sc3ccccc3c(=O)c2cc1[S+](c1ccccc1)c1ccccc1. The lowest BCUT2D eigenvalue weighted by molar-refractivity contribution is 1.27. The molecule has 0 atom stereocenters. The molecule has 0 aliphatic heterocycles. The van der Waals surface area contributed by atoms with Crippen LogP contribution in [0.2, 0.25) is 0 Å². The van der Waals surface area contributed by atoms with E-state index in [2.05, 4.69) is 67.6 Å². The number of hydrogen-bond donors (Lipinski definition) is 0. The molecule has 0 aliphatic rings. The van der Waals surface area contributed by atoms with Crippen molar-refractivity contribution in [3.63, 3.8) is 0 Å². The maximum Gasteiger partial charge on any atom is 0.196 e. The Kier molecular flexibility index (Phi) is 4.70. The molecule has 5 rings (SSSR count). The van der Waals surface area contributed by atoms with E-state index in [0.29, 0.717) is 0 Å². The molecule has 0 saturated carbocycles. The maximum absolute atomic E-state index is 13.3. The number of rotatable bonds is 3. The minimum Gasteiger partial charge on any atom is -0.288 e. The molecule has 5 aromatic rings. The van der Waals surface area contributed by atoms with Crippen LogP contribution in [0.3, 0.4) is 0 Å². The molecule has 1 heterocycles. The summed E-state index contributed by atoms with van der Waals surface area (Å²) < 4.78 is 2.10. The van der Waals surface area contributed by atoms with E-state index < -0.39 is 0 Å². The second-order valence-corrected chi connectivity index (χ2v) is 10.1. The van der Waals surface area contributed by atoms with E-state index in [0.717, 1.165) is 20.2 Å². The summed E-state index contributed by atoms with van der Waals surface area (Å²) in [5.74, 6) is 0. The quantitative estimate of drug-likeness (QED) is 0.235. The van der Waals surface area contributed by atoms with Gasteiger partial charge < -0.3 is 0 Å². The molecule has 0 aliphatic carbocycles. The van der Waals surface area contributed by atoms with Crippen molar-refractivity contribution in [1.82, 2.24) is 0 Å². The summed E-state index contributed by atoms with van der Waals surface area (Å²) in [5.41, 5.74) is 1.35. The number of fused-ring (bicyclic) bond motifs is 2. The Bertz CT molecular complexity index is 1330. The highest BCUT2D eigenvalue weighted by molar-refractivity contribution is 7.97. The molecule has 140 valence electrons. The van der Waals surface area contributed by atoms with Gasteiger partial charge in [-0.1, -0.05) is 48.5 Å². The fourth-order valence-electron chi connectivity index (χ4n) is 3.65. The summed E-state index contributed by atoms with van der Waals surface area (Å²) >= 11 is 1.69. The molecule has 0 spiro atoms. The summed E-state index contributed by atoms with van der Waals surface area (Å²) in [6, 6.07) is 33.4. The smallest absolute Gasteiger partial charge is 0.196 e. The fourth-order valence-corrected chi connectivity index (χ4v) is 7.06. The van der Waals surface area contributed by atoms with Gasteiger partial charge in [0.1, 0.15) is 0 Å². The van der Waals surface area contributed by atoms with Gasteiger partial charge in [-0.2, -0.15) is 0 Å². The lowest BCUT2D eigenvalue weighted by Crippen LogP contribution is -2.09. The summed E-state index contributed by atoms with van der Waals surface area (Å²) in [6.45, 7) is 2.16. The van der Waals surface area contributed by atoms with Gasteiger partial charge in [0.25, 0.3) is 0 Å². The van der Waals surface area contributed by atoms with Crippen LogP contribution < -0.4 is 5.43 Å². The van der Waals surface area contributed by atoms with Crippen molar-refractivity contribution in [2.24, 2.45) is 0 Å². The van der Waals surface area contributed by atoms with Crippen LogP contribution in [0.4, 0.5) is 0 Å². The monoisotopic (exact) mass is 411 g/mol. The highest BCUT2D eigenvalue weighted by Crippen LogP contribution is 2.36. The Morgan fingerprint density at radius 3 is 1.90 bits per heavy atom. The highest BCUT2D eigenvalue weighted by atomic mass is 32.2. The third-order valence-corrected chi connectivity index (χ3v) is 8.55. The third-order valence-electron chi connectivity index (χ3n) is 5.05. The molecular weight excluding hydrogens is 392 g/mol. The highest BCUT2D eigenvalue weighted by Gasteiger charge is 2.30. The zero-order valence-corrected chi connectivity index (χ0v) is 17.6. The van der Waals surface area contributed by atoms with Crippen molar-refractivity contribution in [3.05, 3.63) is 113 Å². The molecule has 1 nitrogen and oxygen atoms in total. The van der Waals surface area contributed by atoms with E-state index in [-0.39, 0.29) is 16.3 Å². The number of benzene rings is 4. The Morgan fingerprint density at radius 2 is 1.24 bits per heavy atom. The van der Waals surface area contributed by atoms with Gasteiger partial charge >= 0.3 is 0 Å². The molecule has 0 N–H and O–H groups in total. The van der Waals surface area contributed by atoms with Crippen molar-refractivity contribution >= 4 is 42.4 Å². The van der Waals surface area contributed by atoms with Crippen molar-refractivity contribution in [1.29, 1.82) is 0 Å². The van der Waals surface area contributed by atoms with Crippen LogP contribution in [-0.4, -0.2) is 0 Å². The van der Waals surface area contributed by atoms with Gasteiger partial charge in [0, 0.05) is 31.8 Å². The van der Waals surface area contributed by atoms with Crippen LogP contribution in [0, 0.1) is 6.92 Å². The third kappa shape index (κ3) is 3.27. The van der Waals surface area contributed by atoms with Crippen LogP contribution in [0.15, 0.2) is 117 Å². The van der Waals surface area contributed by atoms with Crippen LogP contribution in [0.25, 0.3) is 20.2 Å². The average Bonchev–Trinajstić information content (AvgIpc) is 2.76. The van der Waals surface area contributed by atoms with Gasteiger partial charge in [0.15, 0.2) is 20.1 Å². The second kappa shape index (κ2) is 7.51. The lowest BCUT2D eigenvalue weighted by Gasteiger charge is -2.11. The molecule has 29 heavy (non-hydrogen) atoms. The summed E-state index contributed by atoms with van der Waals surface area (Å²) in [6.07, 6.45) is 0. The largest absolute Gasteiger partial charge is 0.288 e. The molecule has 3 heteroatoms. The molecule has 4 aromatic carbocycles. The first-order chi connectivity index (χ1) is 14.2. The van der Waals surface area contributed by atoms with Crippen LogP contribution in [0.5, 0.6) is 0 Å². The normalized spacial score (nSPS) is 11.4. The summed E-state index contributed by atoms with van der Waals surface area (Å²) in [4.78, 5) is 17.0. The first-order valence-corrected chi connectivity index (χ1v) is 11.6. The average molecular weight is 412 g/mol. The van der Waals surface area contributed by atoms with Crippen LogP contribution >= 0.6 is 11.3 Å². The first-order valence-electron chi connectivity index (χ1n) is 9.53. The minimum absolute atomic E-state index is 0.125. The molecule has 1 aromatic heterocycles.